The average Bonchev–Trinajstić information content (AvgIpc) is 2.87. The van der Waals surface area contributed by atoms with Crippen molar-refractivity contribution < 1.29 is 23.0 Å². The molecule has 36 heavy (non-hydrogen) atoms. The normalized spacial score (nSPS) is 12.4. The summed E-state index contributed by atoms with van der Waals surface area (Å²) in [5.41, 5.74) is 3.16. The van der Waals surface area contributed by atoms with Crippen molar-refractivity contribution in [3.05, 3.63) is 88.7 Å². The summed E-state index contributed by atoms with van der Waals surface area (Å²) in [6.07, 6.45) is -0.515. The number of ether oxygens (including phenoxy) is 1. The Labute approximate surface area is 208 Å². The number of phenols is 1. The number of aliphatic imine (C=N–C) groups is 1. The Morgan fingerprint density at radius 2 is 1.92 bits per heavy atom. The number of benzene rings is 2. The van der Waals surface area contributed by atoms with E-state index < -0.39 is 17.5 Å². The van der Waals surface area contributed by atoms with Gasteiger partial charge in [0.25, 0.3) is 0 Å². The SMILES string of the molecule is CC[C@H](C)CN=C(NN)c1ccc(C#Cc2ccc(O)cc2C(F)(F)F)c(COc2cccnc2)c1. The van der Waals surface area contributed by atoms with Crippen LogP contribution in [0.15, 0.2) is 65.9 Å². The molecule has 0 fully saturated rings. The first kappa shape index (κ1) is 26.6. The molecule has 2 aromatic carbocycles. The monoisotopic (exact) mass is 496 g/mol. The van der Waals surface area contributed by atoms with Crippen LogP contribution in [0.3, 0.4) is 0 Å². The quantitative estimate of drug-likeness (QED) is 0.140. The lowest BCUT2D eigenvalue weighted by Gasteiger charge is -2.13. The molecule has 1 heterocycles. The molecule has 1 atom stereocenters. The lowest BCUT2D eigenvalue weighted by atomic mass is 10.0. The summed E-state index contributed by atoms with van der Waals surface area (Å²) in [6, 6.07) is 11.7. The van der Waals surface area contributed by atoms with Gasteiger partial charge in [0.15, 0.2) is 0 Å². The number of phenolic OH excluding ortho intramolecular Hbond substituents is 1. The van der Waals surface area contributed by atoms with Crippen LogP contribution in [0.2, 0.25) is 0 Å². The van der Waals surface area contributed by atoms with Gasteiger partial charge in [-0.15, -0.1) is 0 Å². The molecule has 0 amide bonds. The molecule has 0 bridgehead atoms. The number of hydrogen-bond acceptors (Lipinski definition) is 5. The number of aromatic nitrogens is 1. The number of alkyl halides is 3. The number of nitrogens with zero attached hydrogens (tertiary/aromatic N) is 2. The summed E-state index contributed by atoms with van der Waals surface area (Å²) in [6.45, 7) is 4.84. The Balaban J connectivity index is 2.01. The molecule has 9 heteroatoms. The van der Waals surface area contributed by atoms with Crippen LogP contribution >= 0.6 is 0 Å². The molecule has 0 unspecified atom stereocenters. The molecule has 4 N–H and O–H groups in total. The van der Waals surface area contributed by atoms with Crippen LogP contribution in [0, 0.1) is 17.8 Å². The number of aromatic hydroxyl groups is 1. The Morgan fingerprint density at radius 3 is 2.58 bits per heavy atom. The van der Waals surface area contributed by atoms with E-state index >= 15 is 0 Å². The smallest absolute Gasteiger partial charge is 0.417 e. The zero-order valence-corrected chi connectivity index (χ0v) is 19.9. The largest absolute Gasteiger partial charge is 0.508 e. The molecule has 188 valence electrons. The van der Waals surface area contributed by atoms with Crippen molar-refractivity contribution in [3.8, 4) is 23.3 Å². The van der Waals surface area contributed by atoms with E-state index in [2.05, 4.69) is 41.1 Å². The molecule has 0 radical (unpaired) electrons. The molecule has 3 rings (SSSR count). The van der Waals surface area contributed by atoms with Gasteiger partial charge in [-0.1, -0.05) is 32.1 Å². The van der Waals surface area contributed by atoms with Gasteiger partial charge < -0.3 is 15.3 Å². The van der Waals surface area contributed by atoms with Gasteiger partial charge in [0.1, 0.15) is 23.9 Å². The fourth-order valence-electron chi connectivity index (χ4n) is 3.18. The number of halogens is 3. The van der Waals surface area contributed by atoms with Gasteiger partial charge in [-0.3, -0.25) is 9.98 Å². The minimum Gasteiger partial charge on any atom is -0.508 e. The minimum atomic E-state index is -4.66. The van der Waals surface area contributed by atoms with Crippen LogP contribution in [-0.4, -0.2) is 22.5 Å². The Morgan fingerprint density at radius 1 is 1.17 bits per heavy atom. The standard InChI is InChI=1S/C27H27F3N4O2/c1-3-18(2)15-33-26(34-31)21-9-7-19(22(13-21)17-36-24-5-4-12-32-16-24)6-8-20-10-11-23(35)14-25(20)27(28,29)30/h4-5,7,9-14,16,18,35H,3,15,17,31H2,1-2H3,(H,33,34)/t18-/m0/s1. The third kappa shape index (κ3) is 7.23. The van der Waals surface area contributed by atoms with Crippen LogP contribution in [0.25, 0.3) is 0 Å². The molecule has 1 aromatic heterocycles. The average molecular weight is 497 g/mol. The van der Waals surface area contributed by atoms with Crippen molar-refractivity contribution in [1.29, 1.82) is 0 Å². The molecular weight excluding hydrogens is 469 g/mol. The van der Waals surface area contributed by atoms with Gasteiger partial charge in [-0.05, 0) is 54.4 Å². The molecule has 0 aliphatic carbocycles. The topological polar surface area (TPSA) is 92.8 Å². The fourth-order valence-corrected chi connectivity index (χ4v) is 3.18. The highest BCUT2D eigenvalue weighted by atomic mass is 19.4. The second-order valence-electron chi connectivity index (χ2n) is 8.17. The highest BCUT2D eigenvalue weighted by Gasteiger charge is 2.33. The molecule has 0 saturated carbocycles. The molecule has 0 aliphatic rings. The van der Waals surface area contributed by atoms with Crippen molar-refractivity contribution in [2.45, 2.75) is 33.1 Å². The predicted octanol–water partition coefficient (Wildman–Crippen LogP) is 5.04. The van der Waals surface area contributed by atoms with Crippen molar-refractivity contribution in [1.82, 2.24) is 10.4 Å². The third-order valence-electron chi connectivity index (χ3n) is 5.44. The summed E-state index contributed by atoms with van der Waals surface area (Å²) in [5.74, 6) is 12.0. The maximum Gasteiger partial charge on any atom is 0.417 e. The van der Waals surface area contributed by atoms with Crippen molar-refractivity contribution in [2.75, 3.05) is 6.54 Å². The van der Waals surface area contributed by atoms with Crippen LogP contribution in [0.1, 0.15) is 48.1 Å². The lowest BCUT2D eigenvalue weighted by molar-refractivity contribution is -0.137. The van der Waals surface area contributed by atoms with E-state index in [9.17, 15) is 18.3 Å². The van der Waals surface area contributed by atoms with E-state index in [1.807, 2.05) is 0 Å². The van der Waals surface area contributed by atoms with E-state index in [1.54, 1.807) is 42.7 Å². The molecule has 0 aliphatic heterocycles. The van der Waals surface area contributed by atoms with E-state index in [1.165, 1.54) is 6.07 Å². The summed E-state index contributed by atoms with van der Waals surface area (Å²) < 4.78 is 46.2. The number of amidine groups is 1. The van der Waals surface area contributed by atoms with Gasteiger partial charge in [0, 0.05) is 35.0 Å². The summed E-state index contributed by atoms with van der Waals surface area (Å²) in [7, 11) is 0. The molecule has 6 nitrogen and oxygen atoms in total. The minimum absolute atomic E-state index is 0.0917. The summed E-state index contributed by atoms with van der Waals surface area (Å²) >= 11 is 0. The third-order valence-corrected chi connectivity index (χ3v) is 5.44. The number of hydrogen-bond donors (Lipinski definition) is 3. The predicted molar refractivity (Wildman–Crippen MR) is 132 cm³/mol. The van der Waals surface area contributed by atoms with Gasteiger partial charge in [-0.2, -0.15) is 13.2 Å². The number of rotatable bonds is 7. The second kappa shape index (κ2) is 12.1. The van der Waals surface area contributed by atoms with E-state index in [4.69, 9.17) is 10.6 Å². The van der Waals surface area contributed by atoms with Gasteiger partial charge in [0.05, 0.1) is 11.8 Å². The second-order valence-corrected chi connectivity index (χ2v) is 8.17. The highest BCUT2D eigenvalue weighted by molar-refractivity contribution is 5.98. The zero-order valence-electron chi connectivity index (χ0n) is 19.9. The van der Waals surface area contributed by atoms with Gasteiger partial charge in [0.2, 0.25) is 0 Å². The van der Waals surface area contributed by atoms with Crippen LogP contribution < -0.4 is 16.0 Å². The van der Waals surface area contributed by atoms with Crippen molar-refractivity contribution >= 4 is 5.84 Å². The van der Waals surface area contributed by atoms with Gasteiger partial charge in [-0.25, -0.2) is 5.84 Å². The summed E-state index contributed by atoms with van der Waals surface area (Å²) in [5, 5.41) is 9.51. The van der Waals surface area contributed by atoms with Crippen LogP contribution in [0.5, 0.6) is 11.5 Å². The number of hydrazine groups is 1. The molecule has 0 spiro atoms. The summed E-state index contributed by atoms with van der Waals surface area (Å²) in [4.78, 5) is 8.58. The van der Waals surface area contributed by atoms with Crippen molar-refractivity contribution in [2.24, 2.45) is 16.8 Å². The van der Waals surface area contributed by atoms with E-state index in [0.29, 0.717) is 46.8 Å². The fraction of sp³-hybridized carbons (Fsp3) is 0.259. The van der Waals surface area contributed by atoms with Crippen LogP contribution in [0.4, 0.5) is 13.2 Å². The van der Waals surface area contributed by atoms with Crippen LogP contribution in [-0.2, 0) is 12.8 Å². The lowest BCUT2D eigenvalue weighted by Crippen LogP contribution is -2.31. The Bertz CT molecular complexity index is 1270. The molecule has 0 saturated heterocycles. The molecule has 3 aromatic rings. The van der Waals surface area contributed by atoms with E-state index in [0.717, 1.165) is 12.5 Å². The highest BCUT2D eigenvalue weighted by Crippen LogP contribution is 2.33. The first-order valence-electron chi connectivity index (χ1n) is 11.3. The van der Waals surface area contributed by atoms with Crippen molar-refractivity contribution in [3.63, 3.8) is 0 Å². The number of nitrogens with one attached hydrogen (secondary N) is 1. The number of nitrogens with two attached hydrogens (primary N) is 1. The maximum atomic E-state index is 13.4. The zero-order chi connectivity index (χ0) is 26.1. The van der Waals surface area contributed by atoms with Gasteiger partial charge >= 0.3 is 6.18 Å². The maximum absolute atomic E-state index is 13.4. The first-order chi connectivity index (χ1) is 17.2. The first-order valence-corrected chi connectivity index (χ1v) is 11.3. The molecular formula is C27H27F3N4O2. The Hall–Kier alpha value is -4.03. The number of pyridine rings is 1. The van der Waals surface area contributed by atoms with E-state index in [-0.39, 0.29) is 12.2 Å². The Kier molecular flexibility index (Phi) is 8.92.